The number of amides is 1. The Morgan fingerprint density at radius 2 is 2.29 bits per heavy atom. The molecule has 0 unspecified atom stereocenters. The second-order valence-corrected chi connectivity index (χ2v) is 5.25. The number of rotatable bonds is 3. The van der Waals surface area contributed by atoms with Crippen LogP contribution in [-0.2, 0) is 14.9 Å². The fraction of sp³-hybridized carbons (Fsp3) is 0.417. The molecule has 3 N–H and O–H groups in total. The molecule has 5 heteroatoms. The molecule has 4 nitrogen and oxygen atoms in total. The number of nitrogens with one attached hydrogen (secondary N) is 1. The Morgan fingerprint density at radius 3 is 2.82 bits per heavy atom. The third kappa shape index (κ3) is 2.10. The summed E-state index contributed by atoms with van der Waals surface area (Å²) in [4.78, 5) is 12.0. The van der Waals surface area contributed by atoms with E-state index in [0.29, 0.717) is 12.8 Å². The van der Waals surface area contributed by atoms with Gasteiger partial charge in [-0.1, -0.05) is 28.1 Å². The number of benzene rings is 1. The van der Waals surface area contributed by atoms with E-state index >= 15 is 0 Å². The number of hydrogen-bond acceptors (Lipinski definition) is 3. The zero-order chi connectivity index (χ0) is 12.5. The maximum Gasteiger partial charge on any atom is 0.244 e. The summed E-state index contributed by atoms with van der Waals surface area (Å²) in [6, 6.07) is 7.77. The van der Waals surface area contributed by atoms with Crippen molar-refractivity contribution >= 4 is 21.8 Å². The van der Waals surface area contributed by atoms with Crippen LogP contribution in [-0.4, -0.2) is 19.1 Å². The van der Waals surface area contributed by atoms with Crippen molar-refractivity contribution in [1.29, 1.82) is 0 Å². The van der Waals surface area contributed by atoms with Crippen molar-refractivity contribution in [2.45, 2.75) is 24.4 Å². The van der Waals surface area contributed by atoms with Gasteiger partial charge in [-0.15, -0.1) is 0 Å². The molecule has 2 rings (SSSR count). The zero-order valence-electron chi connectivity index (χ0n) is 9.57. The van der Waals surface area contributed by atoms with Gasteiger partial charge in [0.1, 0.15) is 0 Å². The highest BCUT2D eigenvalue weighted by atomic mass is 79.9. The lowest BCUT2D eigenvalue weighted by Gasteiger charge is -2.45. The molecule has 1 amide bonds. The van der Waals surface area contributed by atoms with E-state index < -0.39 is 5.41 Å². The minimum Gasteiger partial charge on any atom is -0.381 e. The van der Waals surface area contributed by atoms with Gasteiger partial charge in [-0.2, -0.15) is 0 Å². The lowest BCUT2D eigenvalue weighted by Crippen LogP contribution is -2.57. The van der Waals surface area contributed by atoms with Gasteiger partial charge >= 0.3 is 0 Å². The van der Waals surface area contributed by atoms with E-state index in [1.54, 1.807) is 7.11 Å². The first-order chi connectivity index (χ1) is 8.12. The molecule has 0 radical (unpaired) electrons. The van der Waals surface area contributed by atoms with Gasteiger partial charge in [-0.3, -0.25) is 10.2 Å². The predicted octanol–water partition coefficient (Wildman–Crippen LogP) is 1.49. The Hall–Kier alpha value is -0.910. The molecule has 0 aromatic heterocycles. The minimum absolute atomic E-state index is 0.131. The standard InChI is InChI=1S/C12H15BrN2O2/c1-17-10-6-12(7-10,11(16)15-14)8-3-2-4-9(13)5-8/h2-5,10H,6-7,14H2,1H3,(H,15,16). The van der Waals surface area contributed by atoms with Gasteiger partial charge in [0.15, 0.2) is 0 Å². The number of hydrogen-bond donors (Lipinski definition) is 2. The number of carbonyl (C=O) groups is 1. The molecule has 1 aromatic rings. The number of ether oxygens (including phenoxy) is 1. The molecule has 0 atom stereocenters. The van der Waals surface area contributed by atoms with Crippen LogP contribution in [0.1, 0.15) is 18.4 Å². The highest BCUT2D eigenvalue weighted by Crippen LogP contribution is 2.45. The SMILES string of the molecule is COC1CC(C(=O)NN)(c2cccc(Br)c2)C1. The van der Waals surface area contributed by atoms with E-state index in [2.05, 4.69) is 21.4 Å². The summed E-state index contributed by atoms with van der Waals surface area (Å²) in [6.45, 7) is 0. The third-order valence-electron chi connectivity index (χ3n) is 3.43. The summed E-state index contributed by atoms with van der Waals surface area (Å²) in [6.07, 6.45) is 1.47. The van der Waals surface area contributed by atoms with Crippen molar-refractivity contribution in [3.05, 3.63) is 34.3 Å². The number of methoxy groups -OCH3 is 1. The minimum atomic E-state index is -0.542. The molecular weight excluding hydrogens is 284 g/mol. The molecule has 1 aliphatic rings. The smallest absolute Gasteiger partial charge is 0.244 e. The molecule has 1 aliphatic carbocycles. The molecular formula is C12H15BrN2O2. The van der Waals surface area contributed by atoms with Gasteiger partial charge in [-0.05, 0) is 30.5 Å². The first-order valence-electron chi connectivity index (χ1n) is 5.42. The van der Waals surface area contributed by atoms with Gasteiger partial charge in [-0.25, -0.2) is 5.84 Å². The topological polar surface area (TPSA) is 64.3 Å². The van der Waals surface area contributed by atoms with Crippen LogP contribution in [0.2, 0.25) is 0 Å². The van der Waals surface area contributed by atoms with Crippen LogP contribution >= 0.6 is 15.9 Å². The molecule has 0 aliphatic heterocycles. The number of hydrazine groups is 1. The van der Waals surface area contributed by atoms with Crippen molar-refractivity contribution in [2.75, 3.05) is 7.11 Å². The van der Waals surface area contributed by atoms with Gasteiger partial charge in [0.2, 0.25) is 5.91 Å². The molecule has 92 valence electrons. The molecule has 1 saturated carbocycles. The molecule has 0 heterocycles. The average molecular weight is 299 g/mol. The highest BCUT2D eigenvalue weighted by Gasteiger charge is 2.51. The molecule has 0 bridgehead atoms. The van der Waals surface area contributed by atoms with E-state index in [1.807, 2.05) is 24.3 Å². The van der Waals surface area contributed by atoms with Crippen LogP contribution < -0.4 is 11.3 Å². The first-order valence-corrected chi connectivity index (χ1v) is 6.21. The van der Waals surface area contributed by atoms with Crippen molar-refractivity contribution in [3.8, 4) is 0 Å². The number of nitrogens with two attached hydrogens (primary N) is 1. The monoisotopic (exact) mass is 298 g/mol. The summed E-state index contributed by atoms with van der Waals surface area (Å²) >= 11 is 3.42. The van der Waals surface area contributed by atoms with E-state index in [9.17, 15) is 4.79 Å². The maximum absolute atomic E-state index is 12.0. The van der Waals surface area contributed by atoms with E-state index in [1.165, 1.54) is 0 Å². The normalized spacial score (nSPS) is 27.4. The fourth-order valence-corrected chi connectivity index (χ4v) is 2.76. The van der Waals surface area contributed by atoms with Crippen LogP contribution in [0.4, 0.5) is 0 Å². The van der Waals surface area contributed by atoms with E-state index in [0.717, 1.165) is 10.0 Å². The van der Waals surface area contributed by atoms with Crippen molar-refractivity contribution in [1.82, 2.24) is 5.43 Å². The lowest BCUT2D eigenvalue weighted by molar-refractivity contribution is -0.136. The zero-order valence-corrected chi connectivity index (χ0v) is 11.2. The Bertz CT molecular complexity index is 430. The quantitative estimate of drug-likeness (QED) is 0.505. The molecule has 17 heavy (non-hydrogen) atoms. The molecule has 0 spiro atoms. The number of carbonyl (C=O) groups excluding carboxylic acids is 1. The van der Waals surface area contributed by atoms with Crippen LogP contribution in [0, 0.1) is 0 Å². The van der Waals surface area contributed by atoms with Gasteiger partial charge in [0.05, 0.1) is 11.5 Å². The van der Waals surface area contributed by atoms with E-state index in [-0.39, 0.29) is 12.0 Å². The molecule has 1 fully saturated rings. The fourth-order valence-electron chi connectivity index (χ4n) is 2.36. The van der Waals surface area contributed by atoms with Crippen LogP contribution in [0.15, 0.2) is 28.7 Å². The summed E-state index contributed by atoms with van der Waals surface area (Å²) in [5.41, 5.74) is 2.69. The van der Waals surface area contributed by atoms with Crippen LogP contribution in [0.25, 0.3) is 0 Å². The predicted molar refractivity (Wildman–Crippen MR) is 68.2 cm³/mol. The average Bonchev–Trinajstić information content (AvgIpc) is 2.28. The van der Waals surface area contributed by atoms with Crippen LogP contribution in [0.3, 0.4) is 0 Å². The Morgan fingerprint density at radius 1 is 1.59 bits per heavy atom. The second-order valence-electron chi connectivity index (χ2n) is 4.33. The van der Waals surface area contributed by atoms with Gasteiger partial charge in [0, 0.05) is 11.6 Å². The third-order valence-corrected chi connectivity index (χ3v) is 3.92. The van der Waals surface area contributed by atoms with E-state index in [4.69, 9.17) is 10.6 Å². The van der Waals surface area contributed by atoms with Gasteiger partial charge < -0.3 is 4.74 Å². The second kappa shape index (κ2) is 4.76. The summed E-state index contributed by atoms with van der Waals surface area (Å²) in [7, 11) is 1.66. The Balaban J connectivity index is 2.33. The Labute approximate surface area is 109 Å². The summed E-state index contributed by atoms with van der Waals surface area (Å²) in [5.74, 6) is 5.13. The van der Waals surface area contributed by atoms with Gasteiger partial charge in [0.25, 0.3) is 0 Å². The molecule has 0 saturated heterocycles. The largest absolute Gasteiger partial charge is 0.381 e. The maximum atomic E-state index is 12.0. The first kappa shape index (κ1) is 12.5. The summed E-state index contributed by atoms with van der Waals surface area (Å²) in [5, 5.41) is 0. The van der Waals surface area contributed by atoms with Crippen molar-refractivity contribution < 1.29 is 9.53 Å². The Kier molecular flexibility index (Phi) is 3.51. The van der Waals surface area contributed by atoms with Crippen molar-refractivity contribution in [2.24, 2.45) is 5.84 Å². The van der Waals surface area contributed by atoms with Crippen molar-refractivity contribution in [3.63, 3.8) is 0 Å². The summed E-state index contributed by atoms with van der Waals surface area (Å²) < 4.78 is 6.21. The van der Waals surface area contributed by atoms with Crippen LogP contribution in [0.5, 0.6) is 0 Å². The number of halogens is 1. The molecule has 1 aromatic carbocycles. The highest BCUT2D eigenvalue weighted by molar-refractivity contribution is 9.10. The lowest BCUT2D eigenvalue weighted by atomic mass is 9.62.